The number of nitrogens with zero attached hydrogens (tertiary/aromatic N) is 2. The molecule has 1 saturated heterocycles. The standard InChI is InChI=1S/C22H20FN3O4/c1-2-19(28)25-7-6-13(10-25)26-11-16-14(21(24)29)8-12(9-15(16)22(26)30)20-17(23)4-3-5-18(20)27/h2-5,8-9,13,27H,1,6-7,10-11H2,(H2,24,29). The van der Waals surface area contributed by atoms with Gasteiger partial charge in [-0.2, -0.15) is 0 Å². The first kappa shape index (κ1) is 19.6. The summed E-state index contributed by atoms with van der Waals surface area (Å²) in [4.78, 5) is 40.3. The second kappa shape index (κ2) is 7.29. The van der Waals surface area contributed by atoms with E-state index in [4.69, 9.17) is 5.73 Å². The van der Waals surface area contributed by atoms with Gasteiger partial charge in [-0.05, 0) is 47.9 Å². The summed E-state index contributed by atoms with van der Waals surface area (Å²) in [6.45, 7) is 4.54. The van der Waals surface area contributed by atoms with E-state index < -0.39 is 11.7 Å². The molecular formula is C22H20FN3O4. The highest BCUT2D eigenvalue weighted by atomic mass is 19.1. The van der Waals surface area contributed by atoms with Crippen LogP contribution in [0.25, 0.3) is 11.1 Å². The monoisotopic (exact) mass is 409 g/mol. The third-order valence-corrected chi connectivity index (χ3v) is 5.71. The van der Waals surface area contributed by atoms with Gasteiger partial charge in [-0.15, -0.1) is 0 Å². The normalized spacial score (nSPS) is 17.9. The number of primary amides is 1. The van der Waals surface area contributed by atoms with E-state index in [1.54, 1.807) is 9.80 Å². The van der Waals surface area contributed by atoms with Gasteiger partial charge in [0.25, 0.3) is 5.91 Å². The molecule has 0 bridgehead atoms. The molecular weight excluding hydrogens is 389 g/mol. The Morgan fingerprint density at radius 3 is 2.73 bits per heavy atom. The van der Waals surface area contributed by atoms with Gasteiger partial charge in [0, 0.05) is 30.8 Å². The van der Waals surface area contributed by atoms with E-state index in [1.807, 2.05) is 0 Å². The molecule has 2 aromatic carbocycles. The highest BCUT2D eigenvalue weighted by Gasteiger charge is 2.39. The molecule has 2 aliphatic heterocycles. The molecule has 1 unspecified atom stereocenters. The first-order chi connectivity index (χ1) is 14.3. The number of carbonyl (C=O) groups excluding carboxylic acids is 3. The van der Waals surface area contributed by atoms with E-state index in [1.165, 1.54) is 36.4 Å². The number of amides is 3. The molecule has 154 valence electrons. The molecule has 3 amide bonds. The second-order valence-electron chi connectivity index (χ2n) is 7.41. The van der Waals surface area contributed by atoms with Crippen LogP contribution in [0, 0.1) is 5.82 Å². The number of phenols is 1. The largest absolute Gasteiger partial charge is 0.507 e. The Hall–Kier alpha value is -3.68. The van der Waals surface area contributed by atoms with Gasteiger partial charge in [-0.1, -0.05) is 12.6 Å². The lowest BCUT2D eigenvalue weighted by atomic mass is 9.94. The van der Waals surface area contributed by atoms with Gasteiger partial charge in [0.1, 0.15) is 11.6 Å². The zero-order valence-corrected chi connectivity index (χ0v) is 16.1. The zero-order valence-electron chi connectivity index (χ0n) is 16.1. The van der Waals surface area contributed by atoms with Crippen molar-refractivity contribution in [1.29, 1.82) is 0 Å². The molecule has 1 fully saturated rings. The van der Waals surface area contributed by atoms with Crippen molar-refractivity contribution < 1.29 is 23.9 Å². The fourth-order valence-electron chi connectivity index (χ4n) is 4.21. The van der Waals surface area contributed by atoms with Crippen molar-refractivity contribution in [3.05, 3.63) is 65.5 Å². The Kier molecular flexibility index (Phi) is 4.77. The van der Waals surface area contributed by atoms with E-state index in [-0.39, 0.29) is 52.4 Å². The predicted molar refractivity (Wildman–Crippen MR) is 107 cm³/mol. The predicted octanol–water partition coefficient (Wildman–Crippen LogP) is 2.04. The zero-order chi connectivity index (χ0) is 21.6. The first-order valence-corrected chi connectivity index (χ1v) is 9.48. The molecule has 7 nitrogen and oxygen atoms in total. The smallest absolute Gasteiger partial charge is 0.254 e. The van der Waals surface area contributed by atoms with Crippen molar-refractivity contribution in [2.45, 2.75) is 19.0 Å². The van der Waals surface area contributed by atoms with Crippen molar-refractivity contribution in [3.63, 3.8) is 0 Å². The Labute approximate surface area is 172 Å². The number of benzene rings is 2. The number of rotatable bonds is 4. The lowest BCUT2D eigenvalue weighted by Crippen LogP contribution is -2.38. The molecule has 0 radical (unpaired) electrons. The summed E-state index contributed by atoms with van der Waals surface area (Å²) in [6.07, 6.45) is 1.84. The van der Waals surface area contributed by atoms with Crippen LogP contribution in [-0.2, 0) is 11.3 Å². The minimum Gasteiger partial charge on any atom is -0.507 e. The third kappa shape index (κ3) is 3.10. The van der Waals surface area contributed by atoms with Gasteiger partial charge in [0.2, 0.25) is 11.8 Å². The first-order valence-electron chi connectivity index (χ1n) is 9.48. The molecule has 0 saturated carbocycles. The van der Waals surface area contributed by atoms with Crippen LogP contribution in [0.5, 0.6) is 5.75 Å². The summed E-state index contributed by atoms with van der Waals surface area (Å²) < 4.78 is 14.4. The van der Waals surface area contributed by atoms with Crippen LogP contribution in [0.4, 0.5) is 4.39 Å². The van der Waals surface area contributed by atoms with E-state index in [2.05, 4.69) is 6.58 Å². The number of hydrogen-bond acceptors (Lipinski definition) is 4. The quantitative estimate of drug-likeness (QED) is 0.754. The minimum absolute atomic E-state index is 0.0994. The van der Waals surface area contributed by atoms with Crippen molar-refractivity contribution in [3.8, 4) is 16.9 Å². The molecule has 0 aliphatic carbocycles. The number of fused-ring (bicyclic) bond motifs is 1. The molecule has 2 heterocycles. The van der Waals surface area contributed by atoms with Crippen LogP contribution >= 0.6 is 0 Å². The molecule has 0 spiro atoms. The SMILES string of the molecule is C=CC(=O)N1CCC(N2Cc3c(C(N)=O)cc(-c4c(O)cccc4F)cc3C2=O)C1. The number of hydrogen-bond donors (Lipinski definition) is 2. The lowest BCUT2D eigenvalue weighted by Gasteiger charge is -2.24. The number of halogens is 1. The maximum atomic E-state index is 14.4. The van der Waals surface area contributed by atoms with Crippen molar-refractivity contribution in [2.24, 2.45) is 5.73 Å². The van der Waals surface area contributed by atoms with Crippen molar-refractivity contribution in [1.82, 2.24) is 9.80 Å². The number of aromatic hydroxyl groups is 1. The summed E-state index contributed by atoms with van der Waals surface area (Å²) in [5.74, 6) is -2.24. The maximum absolute atomic E-state index is 14.4. The second-order valence-corrected chi connectivity index (χ2v) is 7.41. The lowest BCUT2D eigenvalue weighted by molar-refractivity contribution is -0.125. The van der Waals surface area contributed by atoms with Gasteiger partial charge in [0.05, 0.1) is 11.6 Å². The van der Waals surface area contributed by atoms with Gasteiger partial charge in [-0.3, -0.25) is 14.4 Å². The van der Waals surface area contributed by atoms with E-state index in [0.29, 0.717) is 25.1 Å². The highest BCUT2D eigenvalue weighted by molar-refractivity contribution is 6.06. The molecule has 3 N–H and O–H groups in total. The van der Waals surface area contributed by atoms with Crippen molar-refractivity contribution in [2.75, 3.05) is 13.1 Å². The van der Waals surface area contributed by atoms with Crippen LogP contribution in [0.1, 0.15) is 32.7 Å². The Morgan fingerprint density at radius 2 is 2.07 bits per heavy atom. The number of carbonyl (C=O) groups is 3. The molecule has 1 atom stereocenters. The molecule has 2 aromatic rings. The van der Waals surface area contributed by atoms with E-state index in [9.17, 15) is 23.9 Å². The number of likely N-dealkylation sites (tertiary alicyclic amines) is 1. The summed E-state index contributed by atoms with van der Waals surface area (Å²) in [5, 5.41) is 10.1. The van der Waals surface area contributed by atoms with Gasteiger partial charge in [-0.25, -0.2) is 4.39 Å². The fraction of sp³-hybridized carbons (Fsp3) is 0.227. The van der Waals surface area contributed by atoms with E-state index >= 15 is 0 Å². The number of phenolic OH excluding ortho intramolecular Hbond substituents is 1. The average Bonchev–Trinajstić information content (AvgIpc) is 3.32. The van der Waals surface area contributed by atoms with Crippen LogP contribution in [0.3, 0.4) is 0 Å². The summed E-state index contributed by atoms with van der Waals surface area (Å²) >= 11 is 0. The Balaban J connectivity index is 1.74. The maximum Gasteiger partial charge on any atom is 0.254 e. The van der Waals surface area contributed by atoms with Crippen LogP contribution in [0.15, 0.2) is 43.0 Å². The van der Waals surface area contributed by atoms with Crippen LogP contribution in [0.2, 0.25) is 0 Å². The summed E-state index contributed by atoms with van der Waals surface area (Å²) in [7, 11) is 0. The van der Waals surface area contributed by atoms with Crippen LogP contribution in [-0.4, -0.2) is 51.8 Å². The molecule has 2 aliphatic rings. The molecule has 0 aromatic heterocycles. The highest BCUT2D eigenvalue weighted by Crippen LogP contribution is 2.37. The van der Waals surface area contributed by atoms with Crippen molar-refractivity contribution >= 4 is 17.7 Å². The fourth-order valence-corrected chi connectivity index (χ4v) is 4.21. The molecule has 30 heavy (non-hydrogen) atoms. The Bertz CT molecular complexity index is 1080. The molecule has 8 heteroatoms. The van der Waals surface area contributed by atoms with Gasteiger partial charge in [0.15, 0.2) is 0 Å². The van der Waals surface area contributed by atoms with Crippen LogP contribution < -0.4 is 5.73 Å². The third-order valence-electron chi connectivity index (χ3n) is 5.71. The molecule has 4 rings (SSSR count). The minimum atomic E-state index is -0.742. The Morgan fingerprint density at radius 1 is 1.30 bits per heavy atom. The van der Waals surface area contributed by atoms with Gasteiger partial charge < -0.3 is 20.6 Å². The summed E-state index contributed by atoms with van der Waals surface area (Å²) in [5.41, 5.74) is 6.47. The van der Waals surface area contributed by atoms with E-state index in [0.717, 1.165) is 0 Å². The average molecular weight is 409 g/mol. The number of nitrogens with two attached hydrogens (primary N) is 1. The van der Waals surface area contributed by atoms with Gasteiger partial charge >= 0.3 is 0 Å². The topological polar surface area (TPSA) is 104 Å². The summed E-state index contributed by atoms with van der Waals surface area (Å²) in [6, 6.07) is 6.54.